The molecular formula is C58H49NO. The Hall–Kier alpha value is -6.64. The van der Waals surface area contributed by atoms with Crippen molar-refractivity contribution in [3.8, 4) is 22.3 Å². The first kappa shape index (κ1) is 36.4. The lowest BCUT2D eigenvalue weighted by Crippen LogP contribution is -2.34. The molecule has 0 saturated carbocycles. The smallest absolute Gasteiger partial charge is 0.159 e. The van der Waals surface area contributed by atoms with Gasteiger partial charge in [0.1, 0.15) is 5.58 Å². The fourth-order valence-corrected chi connectivity index (χ4v) is 11.0. The lowest BCUT2D eigenvalue weighted by molar-refractivity contribution is 0.332. The Morgan fingerprint density at radius 2 is 1.08 bits per heavy atom. The Kier molecular flexibility index (Phi) is 8.16. The third-order valence-corrected chi connectivity index (χ3v) is 13.9. The number of nitrogens with zero attached hydrogens (tertiary/aromatic N) is 1. The molecule has 9 aromatic rings. The van der Waals surface area contributed by atoms with E-state index in [1.165, 1.54) is 61.2 Å². The molecule has 2 heteroatoms. The Morgan fingerprint density at radius 3 is 1.82 bits per heavy atom. The van der Waals surface area contributed by atoms with Crippen LogP contribution in [0, 0.1) is 6.92 Å². The number of hydrogen-bond acceptors (Lipinski definition) is 2. The molecule has 0 amide bonds. The van der Waals surface area contributed by atoms with E-state index in [-0.39, 0.29) is 10.8 Å². The molecule has 0 unspecified atom stereocenters. The first-order valence-electron chi connectivity index (χ1n) is 21.5. The normalized spacial score (nSPS) is 15.7. The number of para-hydroxylation sites is 3. The maximum atomic E-state index is 6.91. The van der Waals surface area contributed by atoms with Gasteiger partial charge in [-0.25, -0.2) is 0 Å². The molecule has 0 spiro atoms. The van der Waals surface area contributed by atoms with E-state index in [9.17, 15) is 0 Å². The number of anilines is 3. The van der Waals surface area contributed by atoms with Crippen LogP contribution >= 0.6 is 0 Å². The third-order valence-electron chi connectivity index (χ3n) is 13.9. The fraction of sp³-hybridized carbons (Fsp3) is 0.172. The summed E-state index contributed by atoms with van der Waals surface area (Å²) >= 11 is 0. The highest BCUT2D eigenvalue weighted by Gasteiger charge is 2.48. The standard InChI is InChI=1S/C58H49NO/c1-38-32-33-48-54(57(4,5)35-34-56(48,2)3)53(38)46-36-45-42-26-15-17-29-47(42)58(39-20-9-6-10-21-39,40-22-11-7-12-23-40)49(45)37-51(46)59(41-24-13-8-14-25-41)50-30-19-28-44-43-27-16-18-31-52(43)60-55(44)50/h6-33,36-37H,34-35H2,1-5H3. The molecule has 1 aromatic heterocycles. The van der Waals surface area contributed by atoms with Crippen LogP contribution in [0.2, 0.25) is 0 Å². The van der Waals surface area contributed by atoms with Crippen molar-refractivity contribution in [2.45, 2.75) is 63.7 Å². The van der Waals surface area contributed by atoms with Crippen LogP contribution in [-0.2, 0) is 16.2 Å². The molecule has 0 N–H and O–H groups in total. The Bertz CT molecular complexity index is 3060. The number of benzene rings is 8. The Morgan fingerprint density at radius 1 is 0.467 bits per heavy atom. The molecule has 2 nitrogen and oxygen atoms in total. The van der Waals surface area contributed by atoms with E-state index in [1.54, 1.807) is 0 Å². The van der Waals surface area contributed by atoms with Crippen molar-refractivity contribution in [2.24, 2.45) is 0 Å². The predicted molar refractivity (Wildman–Crippen MR) is 251 cm³/mol. The molecule has 0 aliphatic heterocycles. The van der Waals surface area contributed by atoms with Gasteiger partial charge in [0.05, 0.1) is 16.8 Å². The van der Waals surface area contributed by atoms with E-state index >= 15 is 0 Å². The van der Waals surface area contributed by atoms with Gasteiger partial charge in [0.2, 0.25) is 0 Å². The second-order valence-electron chi connectivity index (χ2n) is 18.3. The van der Waals surface area contributed by atoms with Gasteiger partial charge < -0.3 is 9.32 Å². The SMILES string of the molecule is Cc1ccc2c(c1-c1cc3c(cc1N(c1ccccc1)c1cccc4c1oc1ccccc14)C(c1ccccc1)(c1ccccc1)c1ccccc1-3)C(C)(C)CCC2(C)C. The van der Waals surface area contributed by atoms with Gasteiger partial charge in [-0.2, -0.15) is 0 Å². The van der Waals surface area contributed by atoms with Crippen molar-refractivity contribution in [1.29, 1.82) is 0 Å². The van der Waals surface area contributed by atoms with Crippen molar-refractivity contribution < 1.29 is 4.42 Å². The van der Waals surface area contributed by atoms with Crippen molar-refractivity contribution in [1.82, 2.24) is 0 Å². The first-order valence-corrected chi connectivity index (χ1v) is 21.5. The topological polar surface area (TPSA) is 16.4 Å². The quantitative estimate of drug-likeness (QED) is 0.167. The number of hydrogen-bond donors (Lipinski definition) is 0. The fourth-order valence-electron chi connectivity index (χ4n) is 11.0. The van der Waals surface area contributed by atoms with E-state index < -0.39 is 5.41 Å². The van der Waals surface area contributed by atoms with Gasteiger partial charge >= 0.3 is 0 Å². The van der Waals surface area contributed by atoms with Crippen LogP contribution in [0.15, 0.2) is 186 Å². The van der Waals surface area contributed by atoms with Crippen LogP contribution in [0.3, 0.4) is 0 Å². The second-order valence-corrected chi connectivity index (χ2v) is 18.3. The molecule has 0 atom stereocenters. The van der Waals surface area contributed by atoms with Crippen molar-refractivity contribution >= 4 is 39.0 Å². The number of rotatable bonds is 6. The molecule has 1 heterocycles. The predicted octanol–water partition coefficient (Wildman–Crippen LogP) is 15.7. The summed E-state index contributed by atoms with van der Waals surface area (Å²) in [7, 11) is 0. The van der Waals surface area contributed by atoms with Crippen molar-refractivity contribution in [2.75, 3.05) is 4.90 Å². The van der Waals surface area contributed by atoms with Gasteiger partial charge in [0.25, 0.3) is 0 Å². The zero-order chi connectivity index (χ0) is 40.8. The highest BCUT2D eigenvalue weighted by Crippen LogP contribution is 2.60. The van der Waals surface area contributed by atoms with E-state index in [0.29, 0.717) is 0 Å². The minimum absolute atomic E-state index is 0.0332. The van der Waals surface area contributed by atoms with Gasteiger partial charge in [-0.15, -0.1) is 0 Å². The molecule has 0 fully saturated rings. The number of fused-ring (bicyclic) bond motifs is 7. The third kappa shape index (κ3) is 5.26. The summed E-state index contributed by atoms with van der Waals surface area (Å²) in [5.74, 6) is 0. The van der Waals surface area contributed by atoms with E-state index in [4.69, 9.17) is 4.42 Å². The zero-order valence-electron chi connectivity index (χ0n) is 35.1. The highest BCUT2D eigenvalue weighted by molar-refractivity contribution is 6.11. The molecule has 292 valence electrons. The molecule has 11 rings (SSSR count). The summed E-state index contributed by atoms with van der Waals surface area (Å²) in [6, 6.07) is 67.3. The van der Waals surface area contributed by atoms with Gasteiger partial charge in [0.15, 0.2) is 5.58 Å². The van der Waals surface area contributed by atoms with Crippen LogP contribution in [0.25, 0.3) is 44.2 Å². The molecular weight excluding hydrogens is 727 g/mol. The minimum atomic E-state index is -0.568. The summed E-state index contributed by atoms with van der Waals surface area (Å²) < 4.78 is 6.91. The largest absolute Gasteiger partial charge is 0.454 e. The summed E-state index contributed by atoms with van der Waals surface area (Å²) in [4.78, 5) is 2.49. The van der Waals surface area contributed by atoms with Crippen LogP contribution in [0.5, 0.6) is 0 Å². The van der Waals surface area contributed by atoms with Gasteiger partial charge in [-0.3, -0.25) is 0 Å². The summed E-state index contributed by atoms with van der Waals surface area (Å²) in [5.41, 5.74) is 18.9. The summed E-state index contributed by atoms with van der Waals surface area (Å²) in [5, 5.41) is 2.23. The van der Waals surface area contributed by atoms with E-state index in [2.05, 4.69) is 222 Å². The lowest BCUT2D eigenvalue weighted by Gasteiger charge is -2.44. The average Bonchev–Trinajstić information content (AvgIpc) is 3.80. The lowest BCUT2D eigenvalue weighted by atomic mass is 9.61. The Labute approximate surface area is 353 Å². The Balaban J connectivity index is 1.34. The monoisotopic (exact) mass is 775 g/mol. The summed E-state index contributed by atoms with van der Waals surface area (Å²) in [6.45, 7) is 12.1. The van der Waals surface area contributed by atoms with E-state index in [1.807, 2.05) is 0 Å². The molecule has 8 aromatic carbocycles. The van der Waals surface area contributed by atoms with Gasteiger partial charge in [-0.05, 0) is 123 Å². The van der Waals surface area contributed by atoms with Crippen LogP contribution < -0.4 is 4.90 Å². The van der Waals surface area contributed by atoms with Gasteiger partial charge in [0, 0.05) is 22.0 Å². The van der Waals surface area contributed by atoms with Crippen molar-refractivity contribution in [3.05, 3.63) is 221 Å². The second kappa shape index (κ2) is 13.4. The maximum Gasteiger partial charge on any atom is 0.159 e. The first-order chi connectivity index (χ1) is 29.2. The highest BCUT2D eigenvalue weighted by atomic mass is 16.3. The molecule has 0 saturated heterocycles. The van der Waals surface area contributed by atoms with Crippen molar-refractivity contribution in [3.63, 3.8) is 0 Å². The maximum absolute atomic E-state index is 6.91. The van der Waals surface area contributed by atoms with Crippen LogP contribution in [-0.4, -0.2) is 0 Å². The molecule has 2 aliphatic carbocycles. The number of furan rings is 1. The van der Waals surface area contributed by atoms with Crippen LogP contribution in [0.1, 0.15) is 79.5 Å². The minimum Gasteiger partial charge on any atom is -0.454 e. The molecule has 60 heavy (non-hydrogen) atoms. The van der Waals surface area contributed by atoms with Crippen LogP contribution in [0.4, 0.5) is 17.1 Å². The molecule has 0 bridgehead atoms. The average molecular weight is 776 g/mol. The number of aryl methyl sites for hydroxylation is 1. The molecule has 2 aliphatic rings. The summed E-state index contributed by atoms with van der Waals surface area (Å²) in [6.07, 6.45) is 2.28. The zero-order valence-corrected chi connectivity index (χ0v) is 35.1. The van der Waals surface area contributed by atoms with Gasteiger partial charge in [-0.1, -0.05) is 173 Å². The van der Waals surface area contributed by atoms with E-state index in [0.717, 1.165) is 51.8 Å². The molecule has 0 radical (unpaired) electrons.